The average Bonchev–Trinajstić information content (AvgIpc) is 2.76. The summed E-state index contributed by atoms with van der Waals surface area (Å²) in [6.45, 7) is 1.85. The van der Waals surface area contributed by atoms with E-state index < -0.39 is 5.82 Å². The van der Waals surface area contributed by atoms with Crippen LogP contribution < -0.4 is 15.4 Å². The number of aryl methyl sites for hydroxylation is 1. The number of likely N-dealkylation sites (tertiary alicyclic amines) is 1. The normalized spacial score (nSPS) is 16.1. The molecule has 7 heteroatoms. The molecule has 160 valence electrons. The van der Waals surface area contributed by atoms with E-state index in [0.29, 0.717) is 31.6 Å². The van der Waals surface area contributed by atoms with E-state index in [0.717, 1.165) is 30.7 Å². The summed E-state index contributed by atoms with van der Waals surface area (Å²) in [4.78, 5) is 26.6. The third-order valence-corrected chi connectivity index (χ3v) is 5.31. The van der Waals surface area contributed by atoms with Crippen molar-refractivity contribution in [2.75, 3.05) is 32.1 Å². The molecule has 2 aromatic rings. The standard InChI is InChI=1S/C23H28FN3O3/c1-30-21-10-3-2-7-18(21)11-12-22(28)27-13-5-6-17(16-27)15-25-23(29)26-20-9-4-8-19(24)14-20/h2-4,7-10,14,17H,5-6,11-13,15-16H2,1H3,(H2,25,26,29). The van der Waals surface area contributed by atoms with E-state index in [9.17, 15) is 14.0 Å². The number of nitrogens with one attached hydrogen (secondary N) is 2. The van der Waals surface area contributed by atoms with E-state index in [1.165, 1.54) is 12.1 Å². The molecule has 1 saturated heterocycles. The molecule has 1 unspecified atom stereocenters. The molecule has 2 N–H and O–H groups in total. The first kappa shape index (κ1) is 21.6. The number of carbonyl (C=O) groups excluding carboxylic acids is 2. The van der Waals surface area contributed by atoms with Crippen LogP contribution in [-0.2, 0) is 11.2 Å². The molecule has 1 heterocycles. The predicted octanol–water partition coefficient (Wildman–Crippen LogP) is 3.83. The first-order chi connectivity index (χ1) is 14.5. The van der Waals surface area contributed by atoms with Gasteiger partial charge in [0.15, 0.2) is 0 Å². The second-order valence-corrected chi connectivity index (χ2v) is 7.51. The predicted molar refractivity (Wildman–Crippen MR) is 114 cm³/mol. The van der Waals surface area contributed by atoms with Gasteiger partial charge in [0, 0.05) is 31.7 Å². The molecular weight excluding hydrogens is 385 g/mol. The maximum absolute atomic E-state index is 13.2. The van der Waals surface area contributed by atoms with Gasteiger partial charge in [0.25, 0.3) is 0 Å². The Kier molecular flexibility index (Phi) is 7.65. The first-order valence-corrected chi connectivity index (χ1v) is 10.2. The van der Waals surface area contributed by atoms with Crippen molar-refractivity contribution in [1.29, 1.82) is 0 Å². The molecule has 0 saturated carbocycles. The number of halogens is 1. The lowest BCUT2D eigenvalue weighted by Crippen LogP contribution is -2.44. The minimum absolute atomic E-state index is 0.120. The van der Waals surface area contributed by atoms with Crippen molar-refractivity contribution in [3.8, 4) is 5.75 Å². The summed E-state index contributed by atoms with van der Waals surface area (Å²) in [7, 11) is 1.63. The van der Waals surface area contributed by atoms with Gasteiger partial charge in [-0.1, -0.05) is 24.3 Å². The number of rotatable bonds is 7. The highest BCUT2D eigenvalue weighted by atomic mass is 19.1. The molecule has 3 amide bonds. The number of benzene rings is 2. The van der Waals surface area contributed by atoms with Crippen LogP contribution in [0.15, 0.2) is 48.5 Å². The second kappa shape index (κ2) is 10.6. The highest BCUT2D eigenvalue weighted by Crippen LogP contribution is 2.21. The lowest BCUT2D eigenvalue weighted by Gasteiger charge is -2.33. The number of methoxy groups -OCH3 is 1. The lowest BCUT2D eigenvalue weighted by molar-refractivity contribution is -0.132. The molecule has 6 nitrogen and oxygen atoms in total. The fraction of sp³-hybridized carbons (Fsp3) is 0.391. The third kappa shape index (κ3) is 6.20. The minimum Gasteiger partial charge on any atom is -0.496 e. The highest BCUT2D eigenvalue weighted by Gasteiger charge is 2.24. The number of hydrogen-bond acceptors (Lipinski definition) is 3. The number of amides is 3. The average molecular weight is 413 g/mol. The van der Waals surface area contributed by atoms with E-state index >= 15 is 0 Å². The number of piperidine rings is 1. The summed E-state index contributed by atoms with van der Waals surface area (Å²) in [6, 6.07) is 13.1. The smallest absolute Gasteiger partial charge is 0.319 e. The van der Waals surface area contributed by atoms with Gasteiger partial charge in [-0.25, -0.2) is 9.18 Å². The van der Waals surface area contributed by atoms with E-state index in [1.807, 2.05) is 29.2 Å². The van der Waals surface area contributed by atoms with Crippen LogP contribution >= 0.6 is 0 Å². The number of ether oxygens (including phenoxy) is 1. The van der Waals surface area contributed by atoms with Gasteiger partial charge in [0.05, 0.1) is 7.11 Å². The quantitative estimate of drug-likeness (QED) is 0.725. The van der Waals surface area contributed by atoms with Crippen LogP contribution in [0.1, 0.15) is 24.8 Å². The van der Waals surface area contributed by atoms with Gasteiger partial charge in [-0.3, -0.25) is 4.79 Å². The largest absolute Gasteiger partial charge is 0.496 e. The molecule has 3 rings (SSSR count). The SMILES string of the molecule is COc1ccccc1CCC(=O)N1CCCC(CNC(=O)Nc2cccc(F)c2)C1. The Hall–Kier alpha value is -3.09. The van der Waals surface area contributed by atoms with Gasteiger partial charge in [0.1, 0.15) is 11.6 Å². The molecule has 1 atom stereocenters. The van der Waals surface area contributed by atoms with Crippen LogP contribution in [0.2, 0.25) is 0 Å². The number of hydrogen-bond donors (Lipinski definition) is 2. The number of nitrogens with zero attached hydrogens (tertiary/aromatic N) is 1. The van der Waals surface area contributed by atoms with Crippen LogP contribution in [0, 0.1) is 11.7 Å². The Morgan fingerprint density at radius 2 is 2.03 bits per heavy atom. The van der Waals surface area contributed by atoms with Gasteiger partial charge in [-0.2, -0.15) is 0 Å². The van der Waals surface area contributed by atoms with E-state index in [4.69, 9.17) is 4.74 Å². The molecule has 2 aromatic carbocycles. The van der Waals surface area contributed by atoms with Gasteiger partial charge in [-0.05, 0) is 55.0 Å². The zero-order valence-corrected chi connectivity index (χ0v) is 17.2. The van der Waals surface area contributed by atoms with Crippen molar-refractivity contribution in [2.45, 2.75) is 25.7 Å². The number of urea groups is 1. The van der Waals surface area contributed by atoms with E-state index in [-0.39, 0.29) is 17.9 Å². The summed E-state index contributed by atoms with van der Waals surface area (Å²) in [5, 5.41) is 5.45. The molecule has 1 fully saturated rings. The molecule has 1 aliphatic rings. The maximum atomic E-state index is 13.2. The Balaban J connectivity index is 1.44. The Morgan fingerprint density at radius 3 is 2.83 bits per heavy atom. The highest BCUT2D eigenvalue weighted by molar-refractivity contribution is 5.89. The zero-order valence-electron chi connectivity index (χ0n) is 17.2. The van der Waals surface area contributed by atoms with Gasteiger partial charge >= 0.3 is 6.03 Å². The first-order valence-electron chi connectivity index (χ1n) is 10.2. The molecule has 30 heavy (non-hydrogen) atoms. The lowest BCUT2D eigenvalue weighted by atomic mass is 9.97. The minimum atomic E-state index is -0.401. The molecule has 0 aromatic heterocycles. The number of carbonyl (C=O) groups is 2. The number of para-hydroxylation sites is 1. The summed E-state index contributed by atoms with van der Waals surface area (Å²) in [6.07, 6.45) is 2.94. The molecule has 0 spiro atoms. The van der Waals surface area contributed by atoms with Crippen molar-refractivity contribution in [1.82, 2.24) is 10.2 Å². The molecule has 1 aliphatic heterocycles. The topological polar surface area (TPSA) is 70.7 Å². The van der Waals surface area contributed by atoms with Crippen molar-refractivity contribution < 1.29 is 18.7 Å². The van der Waals surface area contributed by atoms with Gasteiger partial charge < -0.3 is 20.3 Å². The summed E-state index contributed by atoms with van der Waals surface area (Å²) in [5.41, 5.74) is 1.43. The fourth-order valence-electron chi connectivity index (χ4n) is 3.75. The van der Waals surface area contributed by atoms with Crippen molar-refractivity contribution in [2.24, 2.45) is 5.92 Å². The Labute approximate surface area is 176 Å². The van der Waals surface area contributed by atoms with Gasteiger partial charge in [-0.15, -0.1) is 0 Å². The summed E-state index contributed by atoms with van der Waals surface area (Å²) in [5.74, 6) is 0.722. The van der Waals surface area contributed by atoms with Crippen molar-refractivity contribution in [3.63, 3.8) is 0 Å². The zero-order chi connectivity index (χ0) is 21.3. The van der Waals surface area contributed by atoms with Gasteiger partial charge in [0.2, 0.25) is 5.91 Å². The van der Waals surface area contributed by atoms with Crippen LogP contribution in [0.3, 0.4) is 0 Å². The van der Waals surface area contributed by atoms with Crippen LogP contribution in [0.4, 0.5) is 14.9 Å². The fourth-order valence-corrected chi connectivity index (χ4v) is 3.75. The molecule has 0 radical (unpaired) electrons. The van der Waals surface area contributed by atoms with Crippen molar-refractivity contribution >= 4 is 17.6 Å². The monoisotopic (exact) mass is 413 g/mol. The second-order valence-electron chi connectivity index (χ2n) is 7.51. The van der Waals surface area contributed by atoms with Crippen LogP contribution in [0.25, 0.3) is 0 Å². The third-order valence-electron chi connectivity index (χ3n) is 5.31. The van der Waals surface area contributed by atoms with E-state index in [2.05, 4.69) is 10.6 Å². The van der Waals surface area contributed by atoms with Crippen LogP contribution in [0.5, 0.6) is 5.75 Å². The molecule has 0 bridgehead atoms. The summed E-state index contributed by atoms with van der Waals surface area (Å²) < 4.78 is 18.6. The summed E-state index contributed by atoms with van der Waals surface area (Å²) >= 11 is 0. The van der Waals surface area contributed by atoms with Crippen molar-refractivity contribution in [3.05, 3.63) is 59.9 Å². The molecular formula is C23H28FN3O3. The molecule has 0 aliphatic carbocycles. The van der Waals surface area contributed by atoms with Crippen LogP contribution in [-0.4, -0.2) is 43.6 Å². The van der Waals surface area contributed by atoms with E-state index in [1.54, 1.807) is 19.2 Å². The Bertz CT molecular complexity index is 874. The number of anilines is 1. The Morgan fingerprint density at radius 1 is 1.20 bits per heavy atom. The maximum Gasteiger partial charge on any atom is 0.319 e.